The molecule has 0 fully saturated rings. The average molecular weight is 773 g/mol. The number of benzene rings is 6. The summed E-state index contributed by atoms with van der Waals surface area (Å²) >= 11 is 0. The van der Waals surface area contributed by atoms with Crippen LogP contribution in [0.3, 0.4) is 0 Å². The third-order valence-electron chi connectivity index (χ3n) is 10.9. The lowest BCUT2D eigenvalue weighted by Gasteiger charge is -2.30. The molecule has 1 unspecified atom stereocenters. The van der Waals surface area contributed by atoms with Gasteiger partial charge in [0, 0.05) is 11.0 Å². The normalized spacial score (nSPS) is 12.2. The maximum absolute atomic E-state index is 5.48. The van der Waals surface area contributed by atoms with Crippen LogP contribution in [-0.2, 0) is 10.8 Å². The monoisotopic (exact) mass is 772 g/mol. The van der Waals surface area contributed by atoms with Crippen molar-refractivity contribution in [2.75, 3.05) is 21.3 Å². The van der Waals surface area contributed by atoms with Crippen molar-refractivity contribution in [2.24, 2.45) is 5.92 Å². The third kappa shape index (κ3) is 13.7. The molecule has 0 aromatic heterocycles. The van der Waals surface area contributed by atoms with Gasteiger partial charge in [-0.25, -0.2) is 0 Å². The van der Waals surface area contributed by atoms with Crippen LogP contribution < -0.4 is 14.2 Å². The van der Waals surface area contributed by atoms with Crippen molar-refractivity contribution in [1.29, 1.82) is 0 Å². The van der Waals surface area contributed by atoms with Gasteiger partial charge < -0.3 is 14.2 Å². The predicted octanol–water partition coefficient (Wildman–Crippen LogP) is 14.9. The molecule has 0 saturated heterocycles. The van der Waals surface area contributed by atoms with Crippen LogP contribution in [0.25, 0.3) is 24.3 Å². The van der Waals surface area contributed by atoms with Crippen LogP contribution in [-0.4, -0.2) is 21.3 Å². The highest BCUT2D eigenvalue weighted by atomic mass is 16.5. The Balaban J connectivity index is 0.000000197. The Labute approximate surface area is 350 Å². The summed E-state index contributed by atoms with van der Waals surface area (Å²) in [5.74, 6) is 3.49. The van der Waals surface area contributed by atoms with Crippen LogP contribution in [0, 0.1) is 5.92 Å². The van der Waals surface area contributed by atoms with E-state index >= 15 is 0 Å². The quantitative estimate of drug-likeness (QED) is 0.103. The second-order valence-corrected chi connectivity index (χ2v) is 15.8. The zero-order chi connectivity index (χ0) is 41.8. The largest absolute Gasteiger partial charge is 0.497 e. The molecule has 3 nitrogen and oxygen atoms in total. The van der Waals surface area contributed by atoms with Crippen LogP contribution in [0.2, 0.25) is 0 Å². The number of ether oxygens (including phenoxy) is 3. The minimum Gasteiger partial charge on any atom is -0.497 e. The number of methoxy groups -OCH3 is 3. The Hall–Kier alpha value is -5.80. The van der Waals surface area contributed by atoms with Gasteiger partial charge in [-0.15, -0.1) is 0 Å². The van der Waals surface area contributed by atoms with Crippen molar-refractivity contribution >= 4 is 24.3 Å². The van der Waals surface area contributed by atoms with E-state index in [1.54, 1.807) is 21.3 Å². The lowest BCUT2D eigenvalue weighted by atomic mass is 9.75. The van der Waals surface area contributed by atoms with Gasteiger partial charge in [-0.3, -0.25) is 0 Å². The highest BCUT2D eigenvalue weighted by Crippen LogP contribution is 2.35. The summed E-state index contributed by atoms with van der Waals surface area (Å²) in [6.07, 6.45) is 12.2. The van der Waals surface area contributed by atoms with Crippen molar-refractivity contribution in [3.8, 4) is 17.2 Å². The number of hydrogen-bond acceptors (Lipinski definition) is 3. The van der Waals surface area contributed by atoms with Gasteiger partial charge in [0.05, 0.1) is 21.3 Å². The Morgan fingerprint density at radius 3 is 1.40 bits per heavy atom. The van der Waals surface area contributed by atoms with E-state index in [0.29, 0.717) is 5.41 Å². The molecule has 0 heterocycles. The Morgan fingerprint density at radius 2 is 0.931 bits per heavy atom. The molecule has 3 heteroatoms. The molecule has 0 aliphatic heterocycles. The first-order valence-corrected chi connectivity index (χ1v) is 20.5. The summed E-state index contributed by atoms with van der Waals surface area (Å²) in [6.45, 7) is 13.7. The van der Waals surface area contributed by atoms with Gasteiger partial charge in [-0.1, -0.05) is 194 Å². The molecule has 6 aromatic rings. The molecule has 0 aliphatic carbocycles. The van der Waals surface area contributed by atoms with Crippen LogP contribution in [0.4, 0.5) is 0 Å². The summed E-state index contributed by atoms with van der Waals surface area (Å²) in [5, 5.41) is 0. The van der Waals surface area contributed by atoms with E-state index in [1.165, 1.54) is 47.1 Å². The van der Waals surface area contributed by atoms with E-state index in [9.17, 15) is 0 Å². The van der Waals surface area contributed by atoms with Crippen molar-refractivity contribution in [2.45, 2.75) is 71.6 Å². The molecule has 58 heavy (non-hydrogen) atoms. The molecule has 302 valence electrons. The topological polar surface area (TPSA) is 27.7 Å². The van der Waals surface area contributed by atoms with Crippen molar-refractivity contribution in [3.63, 3.8) is 0 Å². The van der Waals surface area contributed by atoms with Crippen LogP contribution in [0.1, 0.15) is 99.7 Å². The molecule has 0 N–H and O–H groups in total. The standard InChI is InChI=1S/C23H20O.C16H18O.C16H26O/c1-24-23-17-15-21(13-12-19-8-4-2-5-9-19)18-22(23)16-14-20-10-6-3-7-11-20;1-16(2,13-7-5-4-6-8-13)14-9-11-15(17-3)12-10-14;1-6-16(4,12-11-13(2)3)14-7-9-15(17-5)10-8-14/h2-18H,1H3;4-12H,1-3H3;7-10,13H,6,11-12H2,1-5H3/b13-12+,16-14+;;. The minimum atomic E-state index is 0.0214. The first-order chi connectivity index (χ1) is 28.0. The van der Waals surface area contributed by atoms with E-state index in [-0.39, 0.29) is 5.41 Å². The van der Waals surface area contributed by atoms with Gasteiger partial charge >= 0.3 is 0 Å². The van der Waals surface area contributed by atoms with Gasteiger partial charge in [0.15, 0.2) is 0 Å². The molecule has 0 amide bonds. The van der Waals surface area contributed by atoms with Gasteiger partial charge in [-0.05, 0) is 94.0 Å². The number of rotatable bonds is 14. The smallest absolute Gasteiger partial charge is 0.126 e. The van der Waals surface area contributed by atoms with Gasteiger partial charge in [0.25, 0.3) is 0 Å². The molecule has 1 atom stereocenters. The lowest BCUT2D eigenvalue weighted by Crippen LogP contribution is -2.21. The summed E-state index contributed by atoms with van der Waals surface area (Å²) in [6, 6.07) is 54.2. The van der Waals surface area contributed by atoms with E-state index < -0.39 is 0 Å². The van der Waals surface area contributed by atoms with E-state index in [1.807, 2.05) is 60.7 Å². The summed E-state index contributed by atoms with van der Waals surface area (Å²) in [7, 11) is 5.11. The fraction of sp³-hybridized carbons (Fsp3) is 0.273. The summed E-state index contributed by atoms with van der Waals surface area (Å²) in [4.78, 5) is 0. The molecular weight excluding hydrogens is 709 g/mol. The minimum absolute atomic E-state index is 0.0214. The van der Waals surface area contributed by atoms with Crippen LogP contribution in [0.5, 0.6) is 17.2 Å². The summed E-state index contributed by atoms with van der Waals surface area (Å²) in [5.41, 5.74) is 8.95. The maximum Gasteiger partial charge on any atom is 0.126 e. The second-order valence-electron chi connectivity index (χ2n) is 15.8. The van der Waals surface area contributed by atoms with Crippen molar-refractivity contribution in [3.05, 3.63) is 197 Å². The van der Waals surface area contributed by atoms with Gasteiger partial charge in [0.2, 0.25) is 0 Å². The highest BCUT2D eigenvalue weighted by Gasteiger charge is 2.25. The van der Waals surface area contributed by atoms with E-state index in [0.717, 1.165) is 34.3 Å². The molecule has 0 aliphatic rings. The van der Waals surface area contributed by atoms with Gasteiger partial charge in [0.1, 0.15) is 17.2 Å². The van der Waals surface area contributed by atoms with Crippen LogP contribution >= 0.6 is 0 Å². The van der Waals surface area contributed by atoms with Gasteiger partial charge in [-0.2, -0.15) is 0 Å². The Morgan fingerprint density at radius 1 is 0.483 bits per heavy atom. The first kappa shape index (κ1) is 44.9. The Kier molecular flexibility index (Phi) is 17.7. The molecule has 6 aromatic carbocycles. The molecule has 6 rings (SSSR count). The molecule has 0 radical (unpaired) electrons. The molecule has 0 saturated carbocycles. The predicted molar refractivity (Wildman–Crippen MR) is 250 cm³/mol. The fourth-order valence-electron chi connectivity index (χ4n) is 6.65. The molecular formula is C55H64O3. The second kappa shape index (κ2) is 22.8. The number of hydrogen-bond donors (Lipinski definition) is 0. The fourth-order valence-corrected chi connectivity index (χ4v) is 6.65. The maximum atomic E-state index is 5.48. The lowest BCUT2D eigenvalue weighted by molar-refractivity contribution is 0.372. The zero-order valence-corrected chi connectivity index (χ0v) is 36.2. The van der Waals surface area contributed by atoms with E-state index in [2.05, 4.69) is 163 Å². The molecule has 0 spiro atoms. The highest BCUT2D eigenvalue weighted by molar-refractivity contribution is 5.76. The van der Waals surface area contributed by atoms with E-state index in [4.69, 9.17) is 14.2 Å². The Bertz CT molecular complexity index is 2100. The third-order valence-corrected chi connectivity index (χ3v) is 10.9. The van der Waals surface area contributed by atoms with Crippen molar-refractivity contribution in [1.82, 2.24) is 0 Å². The molecule has 0 bridgehead atoms. The summed E-state index contributed by atoms with van der Waals surface area (Å²) < 4.78 is 15.9. The SMILES string of the molecule is CCC(C)(CCC(C)C)c1ccc(OC)cc1.COc1ccc(/C=C/c2ccccc2)cc1/C=C/c1ccccc1.COc1ccc(C(C)(C)c2ccccc2)cc1. The zero-order valence-electron chi connectivity index (χ0n) is 36.2. The van der Waals surface area contributed by atoms with Crippen molar-refractivity contribution < 1.29 is 14.2 Å². The van der Waals surface area contributed by atoms with Crippen LogP contribution in [0.15, 0.2) is 158 Å². The first-order valence-electron chi connectivity index (χ1n) is 20.5. The average Bonchev–Trinajstić information content (AvgIpc) is 3.28.